The Morgan fingerprint density at radius 3 is 2.53 bits per heavy atom. The zero-order chi connectivity index (χ0) is 25.2. The highest BCUT2D eigenvalue weighted by molar-refractivity contribution is 7.10. The summed E-state index contributed by atoms with van der Waals surface area (Å²) in [6.45, 7) is 4.40. The SMILES string of the molecule is CCc1nc2ccc(N3CCN(C(=O)C(=O)O)CC3)cn2c1NCc1nc(-c2ccc(F)cc2)cs1. The minimum absolute atomic E-state index is 0.273. The molecule has 0 radical (unpaired) electrons. The van der Waals surface area contributed by atoms with Gasteiger partial charge in [-0.2, -0.15) is 0 Å². The van der Waals surface area contributed by atoms with E-state index in [2.05, 4.69) is 17.1 Å². The molecule has 186 valence electrons. The van der Waals surface area contributed by atoms with Crippen LogP contribution in [0, 0.1) is 5.82 Å². The fraction of sp³-hybridized carbons (Fsp3) is 0.280. The van der Waals surface area contributed by atoms with Gasteiger partial charge < -0.3 is 20.2 Å². The van der Waals surface area contributed by atoms with Gasteiger partial charge in [0, 0.05) is 43.3 Å². The monoisotopic (exact) mass is 508 g/mol. The second kappa shape index (κ2) is 9.94. The number of hydrogen-bond donors (Lipinski definition) is 2. The van der Waals surface area contributed by atoms with Crippen LogP contribution in [-0.2, 0) is 22.6 Å². The Balaban J connectivity index is 1.33. The van der Waals surface area contributed by atoms with Crippen LogP contribution in [0.15, 0.2) is 48.0 Å². The van der Waals surface area contributed by atoms with Crippen molar-refractivity contribution in [3.8, 4) is 11.3 Å². The van der Waals surface area contributed by atoms with Crippen molar-refractivity contribution in [1.29, 1.82) is 0 Å². The number of amides is 1. The number of rotatable bonds is 6. The van der Waals surface area contributed by atoms with Crippen LogP contribution in [0.3, 0.4) is 0 Å². The maximum atomic E-state index is 13.2. The fourth-order valence-corrected chi connectivity index (χ4v) is 5.05. The quantitative estimate of drug-likeness (QED) is 0.384. The van der Waals surface area contributed by atoms with E-state index in [1.165, 1.54) is 17.0 Å². The van der Waals surface area contributed by atoms with Crippen LogP contribution >= 0.6 is 11.3 Å². The first-order chi connectivity index (χ1) is 17.4. The molecular formula is C25H25FN6O3S. The highest BCUT2D eigenvalue weighted by Crippen LogP contribution is 2.26. The summed E-state index contributed by atoms with van der Waals surface area (Å²) in [4.78, 5) is 35.7. The standard InChI is InChI=1S/C25H25FN6O3S/c1-2-19-23(27-13-22-29-20(15-36-22)16-3-5-17(26)6-4-16)32-14-18(7-8-21(32)28-19)30-9-11-31(12-10-30)24(33)25(34)35/h3-8,14-15,27H,2,9-13H2,1H3,(H,34,35). The molecule has 1 aliphatic rings. The Hall–Kier alpha value is -3.99. The van der Waals surface area contributed by atoms with E-state index >= 15 is 0 Å². The van der Waals surface area contributed by atoms with E-state index in [1.54, 1.807) is 23.5 Å². The molecule has 0 spiro atoms. The van der Waals surface area contributed by atoms with Gasteiger partial charge in [0.2, 0.25) is 0 Å². The number of hydrogen-bond acceptors (Lipinski definition) is 7. The van der Waals surface area contributed by atoms with Crippen LogP contribution in [-0.4, -0.2) is 62.4 Å². The Morgan fingerprint density at radius 2 is 1.83 bits per heavy atom. The van der Waals surface area contributed by atoms with Crippen molar-refractivity contribution < 1.29 is 19.1 Å². The molecule has 1 fully saturated rings. The summed E-state index contributed by atoms with van der Waals surface area (Å²) in [5.41, 5.74) is 4.43. The summed E-state index contributed by atoms with van der Waals surface area (Å²) in [5.74, 6) is -1.65. The summed E-state index contributed by atoms with van der Waals surface area (Å²) in [7, 11) is 0. The van der Waals surface area contributed by atoms with Crippen molar-refractivity contribution in [3.05, 3.63) is 64.5 Å². The molecule has 4 aromatic rings. The van der Waals surface area contributed by atoms with Gasteiger partial charge in [0.1, 0.15) is 22.3 Å². The van der Waals surface area contributed by atoms with Gasteiger partial charge in [-0.1, -0.05) is 6.92 Å². The number of carbonyl (C=O) groups excluding carboxylic acids is 1. The first kappa shape index (κ1) is 23.7. The van der Waals surface area contributed by atoms with Crippen LogP contribution in [0.1, 0.15) is 17.6 Å². The normalized spacial score (nSPS) is 13.8. The first-order valence-corrected chi connectivity index (χ1v) is 12.5. The number of carbonyl (C=O) groups is 2. The average Bonchev–Trinajstić information content (AvgIpc) is 3.51. The number of nitrogens with zero attached hydrogens (tertiary/aromatic N) is 5. The fourth-order valence-electron chi connectivity index (χ4n) is 4.31. The van der Waals surface area contributed by atoms with E-state index in [4.69, 9.17) is 15.1 Å². The number of carboxylic acid groups (broad SMARTS) is 1. The van der Waals surface area contributed by atoms with Gasteiger partial charge in [0.05, 0.1) is 23.6 Å². The molecule has 1 saturated heterocycles. The maximum absolute atomic E-state index is 13.2. The molecule has 1 amide bonds. The van der Waals surface area contributed by atoms with Crippen LogP contribution in [0.25, 0.3) is 16.9 Å². The lowest BCUT2D eigenvalue weighted by atomic mass is 10.2. The van der Waals surface area contributed by atoms with Crippen molar-refractivity contribution in [3.63, 3.8) is 0 Å². The lowest BCUT2D eigenvalue weighted by molar-refractivity contribution is -0.156. The summed E-state index contributed by atoms with van der Waals surface area (Å²) in [5, 5.41) is 15.3. The molecule has 0 aliphatic carbocycles. The summed E-state index contributed by atoms with van der Waals surface area (Å²) in [6, 6.07) is 10.3. The summed E-state index contributed by atoms with van der Waals surface area (Å²) >= 11 is 1.54. The predicted molar refractivity (Wildman–Crippen MR) is 136 cm³/mol. The van der Waals surface area contributed by atoms with Gasteiger partial charge in [-0.15, -0.1) is 11.3 Å². The number of thiazole rings is 1. The van der Waals surface area contributed by atoms with E-state index < -0.39 is 11.9 Å². The summed E-state index contributed by atoms with van der Waals surface area (Å²) in [6.07, 6.45) is 2.78. The summed E-state index contributed by atoms with van der Waals surface area (Å²) < 4.78 is 15.3. The molecule has 5 rings (SSSR count). The van der Waals surface area contributed by atoms with Crippen molar-refractivity contribution >= 4 is 40.4 Å². The highest BCUT2D eigenvalue weighted by atomic mass is 32.1. The minimum atomic E-state index is -1.42. The lowest BCUT2D eigenvalue weighted by Gasteiger charge is -2.35. The van der Waals surface area contributed by atoms with Gasteiger partial charge >= 0.3 is 11.9 Å². The van der Waals surface area contributed by atoms with E-state index in [-0.39, 0.29) is 5.82 Å². The van der Waals surface area contributed by atoms with Crippen molar-refractivity contribution in [2.75, 3.05) is 36.4 Å². The second-order valence-corrected chi connectivity index (χ2v) is 9.39. The number of nitrogens with one attached hydrogen (secondary N) is 1. The largest absolute Gasteiger partial charge is 0.474 e. The first-order valence-electron chi connectivity index (χ1n) is 11.6. The number of halogens is 1. The zero-order valence-electron chi connectivity index (χ0n) is 19.6. The number of carboxylic acids is 1. The number of aryl methyl sites for hydroxylation is 1. The Kier molecular flexibility index (Phi) is 6.55. The van der Waals surface area contributed by atoms with E-state index in [0.717, 1.165) is 45.5 Å². The smallest absolute Gasteiger partial charge is 0.394 e. The molecule has 4 heterocycles. The van der Waals surface area contributed by atoms with Gasteiger partial charge in [-0.05, 0) is 42.8 Å². The molecule has 0 unspecified atom stereocenters. The van der Waals surface area contributed by atoms with E-state index in [1.807, 2.05) is 28.1 Å². The van der Waals surface area contributed by atoms with Crippen molar-refractivity contribution in [2.45, 2.75) is 19.9 Å². The molecule has 9 nitrogen and oxygen atoms in total. The molecule has 0 saturated carbocycles. The number of fused-ring (bicyclic) bond motifs is 1. The molecule has 2 N–H and O–H groups in total. The van der Waals surface area contributed by atoms with Crippen LogP contribution in [0.5, 0.6) is 0 Å². The topological polar surface area (TPSA) is 103 Å². The zero-order valence-corrected chi connectivity index (χ0v) is 20.5. The maximum Gasteiger partial charge on any atom is 0.394 e. The number of benzene rings is 1. The molecule has 36 heavy (non-hydrogen) atoms. The highest BCUT2D eigenvalue weighted by Gasteiger charge is 2.26. The van der Waals surface area contributed by atoms with Crippen molar-refractivity contribution in [2.24, 2.45) is 0 Å². The van der Waals surface area contributed by atoms with Crippen LogP contribution in [0.2, 0.25) is 0 Å². The van der Waals surface area contributed by atoms with E-state index in [9.17, 15) is 14.0 Å². The number of aliphatic carboxylic acids is 1. The number of anilines is 2. The minimum Gasteiger partial charge on any atom is -0.474 e. The van der Waals surface area contributed by atoms with Gasteiger partial charge in [0.15, 0.2) is 0 Å². The lowest BCUT2D eigenvalue weighted by Crippen LogP contribution is -2.50. The molecule has 0 atom stereocenters. The molecule has 1 aliphatic heterocycles. The average molecular weight is 509 g/mol. The Labute approximate surface area is 210 Å². The Bertz CT molecular complexity index is 1410. The number of imidazole rings is 1. The number of piperazine rings is 1. The second-order valence-electron chi connectivity index (χ2n) is 8.45. The van der Waals surface area contributed by atoms with Crippen LogP contribution in [0.4, 0.5) is 15.9 Å². The molecule has 11 heteroatoms. The number of aromatic nitrogens is 3. The van der Waals surface area contributed by atoms with Gasteiger partial charge in [0.25, 0.3) is 0 Å². The Morgan fingerprint density at radius 1 is 1.08 bits per heavy atom. The number of pyridine rings is 1. The van der Waals surface area contributed by atoms with Crippen molar-refractivity contribution in [1.82, 2.24) is 19.3 Å². The third-order valence-corrected chi connectivity index (χ3v) is 7.07. The predicted octanol–water partition coefficient (Wildman–Crippen LogP) is 3.50. The van der Waals surface area contributed by atoms with E-state index in [0.29, 0.717) is 32.7 Å². The molecule has 0 bridgehead atoms. The third kappa shape index (κ3) is 4.74. The molecule has 1 aromatic carbocycles. The van der Waals surface area contributed by atoms with Crippen LogP contribution < -0.4 is 10.2 Å². The third-order valence-electron chi connectivity index (χ3n) is 6.22. The van der Waals surface area contributed by atoms with Gasteiger partial charge in [-0.25, -0.2) is 19.2 Å². The molecular weight excluding hydrogens is 483 g/mol. The molecule has 3 aromatic heterocycles. The van der Waals surface area contributed by atoms with Gasteiger partial charge in [-0.3, -0.25) is 9.20 Å².